The predicted molar refractivity (Wildman–Crippen MR) is 89.5 cm³/mol. The van der Waals surface area contributed by atoms with E-state index in [0.717, 1.165) is 37.5 Å². The Kier molecular flexibility index (Phi) is 5.70. The molecular formula is C16H23N3OS. The van der Waals surface area contributed by atoms with Crippen LogP contribution in [-0.4, -0.2) is 42.5 Å². The van der Waals surface area contributed by atoms with Crippen molar-refractivity contribution in [2.75, 3.05) is 26.7 Å². The van der Waals surface area contributed by atoms with Crippen molar-refractivity contribution in [2.24, 2.45) is 11.7 Å². The van der Waals surface area contributed by atoms with E-state index in [2.05, 4.69) is 17.3 Å². The number of amides is 1. The summed E-state index contributed by atoms with van der Waals surface area (Å²) >= 11 is 4.93. The van der Waals surface area contributed by atoms with Gasteiger partial charge in [-0.1, -0.05) is 24.4 Å². The molecule has 0 radical (unpaired) electrons. The molecule has 114 valence electrons. The van der Waals surface area contributed by atoms with Crippen LogP contribution in [0.15, 0.2) is 24.3 Å². The zero-order chi connectivity index (χ0) is 15.2. The smallest absolute Gasteiger partial charge is 0.251 e. The monoisotopic (exact) mass is 305 g/mol. The molecule has 5 heteroatoms. The van der Waals surface area contributed by atoms with Crippen molar-refractivity contribution in [3.05, 3.63) is 35.4 Å². The second-order valence-corrected chi connectivity index (χ2v) is 6.18. The number of nitrogens with zero attached hydrogens (tertiary/aromatic N) is 1. The number of benzene rings is 1. The SMILES string of the molecule is CN1CCC(CCNC(=O)c2cccc(C(N)=S)c2)CC1. The van der Waals surface area contributed by atoms with Crippen molar-refractivity contribution in [1.82, 2.24) is 10.2 Å². The molecule has 1 aromatic rings. The van der Waals surface area contributed by atoms with E-state index < -0.39 is 0 Å². The average Bonchev–Trinajstić information content (AvgIpc) is 2.49. The first-order valence-corrected chi connectivity index (χ1v) is 7.83. The summed E-state index contributed by atoms with van der Waals surface area (Å²) in [5.74, 6) is 0.672. The number of nitrogens with two attached hydrogens (primary N) is 1. The summed E-state index contributed by atoms with van der Waals surface area (Å²) in [5.41, 5.74) is 6.93. The van der Waals surface area contributed by atoms with E-state index in [9.17, 15) is 4.79 Å². The maximum absolute atomic E-state index is 12.1. The van der Waals surface area contributed by atoms with Crippen LogP contribution in [0.5, 0.6) is 0 Å². The second kappa shape index (κ2) is 7.52. The van der Waals surface area contributed by atoms with Gasteiger partial charge in [-0.25, -0.2) is 0 Å². The lowest BCUT2D eigenvalue weighted by Gasteiger charge is -2.28. The third-order valence-corrected chi connectivity index (χ3v) is 4.32. The van der Waals surface area contributed by atoms with Crippen LogP contribution in [0.25, 0.3) is 0 Å². The van der Waals surface area contributed by atoms with Gasteiger partial charge in [-0.3, -0.25) is 4.79 Å². The van der Waals surface area contributed by atoms with E-state index in [1.165, 1.54) is 12.8 Å². The fourth-order valence-electron chi connectivity index (χ4n) is 2.66. The second-order valence-electron chi connectivity index (χ2n) is 5.74. The highest BCUT2D eigenvalue weighted by Crippen LogP contribution is 2.18. The minimum Gasteiger partial charge on any atom is -0.389 e. The molecule has 0 aliphatic carbocycles. The lowest BCUT2D eigenvalue weighted by Crippen LogP contribution is -2.32. The fourth-order valence-corrected chi connectivity index (χ4v) is 2.78. The molecule has 2 rings (SSSR count). The standard InChI is InChI=1S/C16H23N3OS/c1-19-9-6-12(7-10-19)5-8-18-16(20)14-4-2-3-13(11-14)15(17)21/h2-4,11-12H,5-10H2,1H3,(H2,17,21)(H,18,20). The molecule has 1 saturated heterocycles. The molecule has 0 atom stereocenters. The molecule has 1 aliphatic rings. The van der Waals surface area contributed by atoms with Gasteiger partial charge in [0.05, 0.1) is 0 Å². The van der Waals surface area contributed by atoms with E-state index in [4.69, 9.17) is 18.0 Å². The zero-order valence-electron chi connectivity index (χ0n) is 12.5. The molecule has 1 heterocycles. The Balaban J connectivity index is 1.79. The molecule has 0 unspecified atom stereocenters. The molecule has 1 aromatic carbocycles. The van der Waals surface area contributed by atoms with Gasteiger partial charge >= 0.3 is 0 Å². The molecule has 1 amide bonds. The highest BCUT2D eigenvalue weighted by atomic mass is 32.1. The van der Waals surface area contributed by atoms with E-state index in [1.54, 1.807) is 18.2 Å². The first-order valence-electron chi connectivity index (χ1n) is 7.43. The van der Waals surface area contributed by atoms with Gasteiger partial charge in [-0.15, -0.1) is 0 Å². The van der Waals surface area contributed by atoms with Gasteiger partial charge in [-0.05, 0) is 57.5 Å². The van der Waals surface area contributed by atoms with Crippen LogP contribution in [0.3, 0.4) is 0 Å². The summed E-state index contributed by atoms with van der Waals surface area (Å²) in [6.07, 6.45) is 3.50. The third kappa shape index (κ3) is 4.79. The van der Waals surface area contributed by atoms with E-state index in [-0.39, 0.29) is 5.91 Å². The Morgan fingerprint density at radius 3 is 2.71 bits per heavy atom. The molecule has 0 bridgehead atoms. The Morgan fingerprint density at radius 1 is 1.38 bits per heavy atom. The van der Waals surface area contributed by atoms with Crippen molar-refractivity contribution in [2.45, 2.75) is 19.3 Å². The zero-order valence-corrected chi connectivity index (χ0v) is 13.3. The molecule has 1 aliphatic heterocycles. The Hall–Kier alpha value is -1.46. The molecule has 21 heavy (non-hydrogen) atoms. The van der Waals surface area contributed by atoms with E-state index in [0.29, 0.717) is 10.6 Å². The maximum Gasteiger partial charge on any atom is 0.251 e. The lowest BCUT2D eigenvalue weighted by molar-refractivity contribution is 0.0949. The first-order chi connectivity index (χ1) is 10.1. The van der Waals surface area contributed by atoms with Crippen LogP contribution in [0.2, 0.25) is 0 Å². The predicted octanol–water partition coefficient (Wildman–Crippen LogP) is 1.78. The Bertz CT molecular complexity index is 510. The number of nitrogens with one attached hydrogen (secondary N) is 1. The van der Waals surface area contributed by atoms with Crippen LogP contribution in [-0.2, 0) is 0 Å². The number of hydrogen-bond acceptors (Lipinski definition) is 3. The molecular weight excluding hydrogens is 282 g/mol. The highest BCUT2D eigenvalue weighted by Gasteiger charge is 2.16. The lowest BCUT2D eigenvalue weighted by atomic mass is 9.94. The maximum atomic E-state index is 12.1. The van der Waals surface area contributed by atoms with Crippen molar-refractivity contribution in [3.8, 4) is 0 Å². The van der Waals surface area contributed by atoms with Gasteiger partial charge in [0.25, 0.3) is 5.91 Å². The van der Waals surface area contributed by atoms with Crippen LogP contribution in [0.4, 0.5) is 0 Å². The summed E-state index contributed by atoms with van der Waals surface area (Å²) in [4.78, 5) is 14.8. The summed E-state index contributed by atoms with van der Waals surface area (Å²) in [5, 5.41) is 2.99. The Labute approximate surface area is 131 Å². The fraction of sp³-hybridized carbons (Fsp3) is 0.500. The molecule has 1 fully saturated rings. The Morgan fingerprint density at radius 2 is 2.05 bits per heavy atom. The summed E-state index contributed by atoms with van der Waals surface area (Å²) in [7, 11) is 2.16. The van der Waals surface area contributed by atoms with Gasteiger partial charge in [0, 0.05) is 17.7 Å². The number of carbonyl (C=O) groups is 1. The number of hydrogen-bond donors (Lipinski definition) is 2. The average molecular weight is 305 g/mol. The van der Waals surface area contributed by atoms with Crippen molar-refractivity contribution in [3.63, 3.8) is 0 Å². The van der Waals surface area contributed by atoms with Crippen LogP contribution < -0.4 is 11.1 Å². The summed E-state index contributed by atoms with van der Waals surface area (Å²) in [6, 6.07) is 7.15. The van der Waals surface area contributed by atoms with E-state index >= 15 is 0 Å². The number of carbonyl (C=O) groups excluding carboxylic acids is 1. The molecule has 0 saturated carbocycles. The largest absolute Gasteiger partial charge is 0.389 e. The number of likely N-dealkylation sites (tertiary alicyclic amines) is 1. The quantitative estimate of drug-likeness (QED) is 0.814. The van der Waals surface area contributed by atoms with Crippen molar-refractivity contribution in [1.29, 1.82) is 0 Å². The van der Waals surface area contributed by atoms with Gasteiger partial charge in [-0.2, -0.15) is 0 Å². The normalized spacial score (nSPS) is 16.6. The van der Waals surface area contributed by atoms with Crippen molar-refractivity contribution < 1.29 is 4.79 Å². The van der Waals surface area contributed by atoms with Gasteiger partial charge in [0.15, 0.2) is 0 Å². The number of piperidine rings is 1. The van der Waals surface area contributed by atoms with Crippen LogP contribution >= 0.6 is 12.2 Å². The number of thiocarbonyl (C=S) groups is 1. The molecule has 0 spiro atoms. The highest BCUT2D eigenvalue weighted by molar-refractivity contribution is 7.80. The van der Waals surface area contributed by atoms with E-state index in [1.807, 2.05) is 6.07 Å². The molecule has 3 N–H and O–H groups in total. The summed E-state index contributed by atoms with van der Waals surface area (Å²) in [6.45, 7) is 3.05. The van der Waals surface area contributed by atoms with Gasteiger partial charge < -0.3 is 16.0 Å². The van der Waals surface area contributed by atoms with Crippen molar-refractivity contribution >= 4 is 23.1 Å². The number of rotatable bonds is 5. The molecule has 4 nitrogen and oxygen atoms in total. The first kappa shape index (κ1) is 15.9. The van der Waals surface area contributed by atoms with Gasteiger partial charge in [0.1, 0.15) is 4.99 Å². The minimum atomic E-state index is -0.0546. The molecule has 0 aromatic heterocycles. The summed E-state index contributed by atoms with van der Waals surface area (Å²) < 4.78 is 0. The van der Waals surface area contributed by atoms with Crippen LogP contribution in [0, 0.1) is 5.92 Å². The topological polar surface area (TPSA) is 58.4 Å². The third-order valence-electron chi connectivity index (χ3n) is 4.09. The van der Waals surface area contributed by atoms with Crippen LogP contribution in [0.1, 0.15) is 35.2 Å². The van der Waals surface area contributed by atoms with Gasteiger partial charge in [0.2, 0.25) is 0 Å². The minimum absolute atomic E-state index is 0.0546.